The Labute approximate surface area is 748 Å². The molecule has 0 aliphatic rings. The third-order valence-corrected chi connectivity index (χ3v) is 28.7. The number of thiophene rings is 4. The molecule has 0 atom stereocenters. The molecule has 8 nitrogen and oxygen atoms in total. The fraction of sp³-hybridized carbons (Fsp3) is 0.436. The quantitative estimate of drug-likeness (QED) is 0.0229. The van der Waals surface area contributed by atoms with Gasteiger partial charge in [-0.05, 0) is 265 Å². The van der Waals surface area contributed by atoms with Crippen LogP contribution in [-0.4, -0.2) is 37.5 Å². The molecule has 0 unspecified atom stereocenters. The minimum Gasteiger partial charge on any atom is -0.494 e. The zero-order valence-electron chi connectivity index (χ0n) is 74.7. The number of unbranched alkanes of at least 4 members (excludes halogenated alkanes) is 24. The Morgan fingerprint density at radius 1 is 0.311 bits per heavy atom. The van der Waals surface area contributed by atoms with Gasteiger partial charge in [-0.2, -0.15) is 5.26 Å². The molecule has 11 rings (SSSR count). The molecule has 646 valence electrons. The van der Waals surface area contributed by atoms with Crippen LogP contribution in [-0.2, 0) is 30.5 Å². The summed E-state index contributed by atoms with van der Waals surface area (Å²) in [5.41, 5.74) is 18.4. The van der Waals surface area contributed by atoms with E-state index >= 15 is 0 Å². The molecule has 4 aromatic heterocycles. The summed E-state index contributed by atoms with van der Waals surface area (Å²) in [6, 6.07) is 70.4. The first kappa shape index (κ1) is 93.7. The van der Waals surface area contributed by atoms with Gasteiger partial charge in [0, 0.05) is 56.1 Å². The van der Waals surface area contributed by atoms with Crippen molar-refractivity contribution >= 4 is 74.5 Å². The number of nitrogens with zero attached hydrogens (tertiary/aromatic N) is 2. The third-order valence-electron chi connectivity index (χ3n) is 23.4. The second-order valence-corrected chi connectivity index (χ2v) is 37.4. The molecule has 0 spiro atoms. The van der Waals surface area contributed by atoms with E-state index in [9.17, 15) is 15.2 Å². The van der Waals surface area contributed by atoms with Crippen molar-refractivity contribution in [3.8, 4) is 113 Å². The topological polar surface area (TPSA) is 101 Å². The van der Waals surface area contributed by atoms with Gasteiger partial charge in [-0.15, -0.1) is 45.3 Å². The molecule has 0 bridgehead atoms. The lowest BCUT2D eigenvalue weighted by molar-refractivity contribution is -0.132. The molecule has 1 N–H and O–H groups in total. The lowest BCUT2D eigenvalue weighted by atomic mass is 9.92. The van der Waals surface area contributed by atoms with E-state index in [0.29, 0.717) is 26.4 Å². The van der Waals surface area contributed by atoms with E-state index < -0.39 is 5.97 Å². The van der Waals surface area contributed by atoms with Crippen molar-refractivity contribution in [2.24, 2.45) is 0 Å². The monoisotopic (exact) mass is 1710 g/mol. The smallest absolute Gasteiger partial charge is 0.346 e. The average molecular weight is 1710 g/mol. The predicted octanol–water partition coefficient (Wildman–Crippen LogP) is 35.1. The molecule has 0 saturated heterocycles. The maximum atomic E-state index is 12.4. The van der Waals surface area contributed by atoms with E-state index in [1.807, 2.05) is 40.1 Å². The Hall–Kier alpha value is -8.96. The number of aliphatic carboxylic acids is 1. The summed E-state index contributed by atoms with van der Waals surface area (Å²) in [7, 11) is 0. The molecule has 0 amide bonds. The van der Waals surface area contributed by atoms with Gasteiger partial charge < -0.3 is 29.0 Å². The van der Waals surface area contributed by atoms with Gasteiger partial charge in [0.2, 0.25) is 0 Å². The number of ether oxygens (including phenoxy) is 4. The van der Waals surface area contributed by atoms with Gasteiger partial charge in [0.05, 0.1) is 26.4 Å². The number of aryl methyl sites for hydroxylation is 4. The Balaban J connectivity index is 1.04. The Kier molecular flexibility index (Phi) is 39.4. The van der Waals surface area contributed by atoms with Gasteiger partial charge in [-0.1, -0.05) is 282 Å². The van der Waals surface area contributed by atoms with Gasteiger partial charge >= 0.3 is 5.97 Å². The molecule has 0 aliphatic heterocycles. The number of hydrogen-bond acceptors (Lipinski definition) is 11. The zero-order chi connectivity index (χ0) is 85.5. The van der Waals surface area contributed by atoms with E-state index in [-0.39, 0.29) is 5.57 Å². The normalized spacial score (nSPS) is 11.5. The summed E-state index contributed by atoms with van der Waals surface area (Å²) in [5.74, 6) is 2.36. The maximum absolute atomic E-state index is 12.4. The van der Waals surface area contributed by atoms with Crippen LogP contribution in [0.1, 0.15) is 288 Å². The number of carboxylic acids is 1. The summed E-state index contributed by atoms with van der Waals surface area (Å²) >= 11 is 7.53. The number of nitriles is 1. The van der Waals surface area contributed by atoms with Crippen molar-refractivity contribution in [1.82, 2.24) is 0 Å². The highest BCUT2D eigenvalue weighted by Crippen LogP contribution is 2.52. The highest BCUT2D eigenvalue weighted by Gasteiger charge is 2.26. The molecule has 122 heavy (non-hydrogen) atoms. The van der Waals surface area contributed by atoms with Crippen LogP contribution in [0.15, 0.2) is 188 Å². The number of rotatable bonds is 57. The van der Waals surface area contributed by atoms with Crippen molar-refractivity contribution in [1.29, 1.82) is 5.26 Å². The molecule has 0 fully saturated rings. The third kappa shape index (κ3) is 27.5. The second kappa shape index (κ2) is 51.3. The van der Waals surface area contributed by atoms with Crippen LogP contribution in [0, 0.1) is 11.3 Å². The van der Waals surface area contributed by atoms with Gasteiger partial charge in [0.15, 0.2) is 0 Å². The minimum absolute atomic E-state index is 0.217. The summed E-state index contributed by atoms with van der Waals surface area (Å²) in [5, 5.41) is 20.1. The van der Waals surface area contributed by atoms with Gasteiger partial charge in [-0.3, -0.25) is 0 Å². The van der Waals surface area contributed by atoms with Crippen LogP contribution in [0.4, 0.5) is 17.1 Å². The van der Waals surface area contributed by atoms with E-state index in [4.69, 9.17) is 18.9 Å². The fourth-order valence-electron chi connectivity index (χ4n) is 16.3. The molecular weight excluding hydrogens is 1570 g/mol. The van der Waals surface area contributed by atoms with E-state index in [2.05, 4.69) is 242 Å². The van der Waals surface area contributed by atoms with Crippen molar-refractivity contribution < 1.29 is 28.8 Å². The van der Waals surface area contributed by atoms with Gasteiger partial charge in [0.25, 0.3) is 0 Å². The van der Waals surface area contributed by atoms with Crippen molar-refractivity contribution in [2.75, 3.05) is 31.3 Å². The molecule has 0 radical (unpaired) electrons. The van der Waals surface area contributed by atoms with E-state index in [0.717, 1.165) is 204 Å². The van der Waals surface area contributed by atoms with Crippen LogP contribution < -0.4 is 23.8 Å². The van der Waals surface area contributed by atoms with Gasteiger partial charge in [-0.25, -0.2) is 4.79 Å². The SMILES string of the molecule is CCCCCCOc1ccc(-c2ccc(N(c3ccc(-c4cc(CCCCCC)c(-c5cc(CCCCCC)c(-c6cc(CCCCCC)c(-c7cc(CCCCCC)c(/C=C(\C#N)C(=O)O)s7)s6)s5)s4)cc3)c3ccc(-c4ccc(OCCCCCC)cc4)c(-c4ccc(OCCCCCC)cc4)c3)cc2-c2ccc(OCCCCCC)cc2)cc1. The number of carboxylic acid groups (broad SMARTS) is 1. The fourth-order valence-corrected chi connectivity index (χ4v) is 21.5. The Morgan fingerprint density at radius 3 is 0.918 bits per heavy atom. The molecule has 0 aliphatic carbocycles. The summed E-state index contributed by atoms with van der Waals surface area (Å²) in [6.07, 6.45) is 42.6. The zero-order valence-corrected chi connectivity index (χ0v) is 78.0. The van der Waals surface area contributed by atoms with Crippen LogP contribution in [0.2, 0.25) is 0 Å². The van der Waals surface area contributed by atoms with Crippen molar-refractivity contribution in [3.05, 3.63) is 215 Å². The number of anilines is 3. The standard InChI is InChI=1S/C110H136N2O6S4/c1-9-17-25-33-41-86-73-104(119-103(86)77-90(80-111)110(113)114)107-88(43-35-27-19-11-3)75-106(121-107)109-89(44-36-28-20-12-4)76-105(122-109)108-87(42-34-26-18-10-2)74-102(120-108)85-45-55-91(56-46-85)112(92-57-67-98(81-47-59-94(60-48-81)115-69-37-29-21-13-5)100(78-92)83-51-63-96(64-52-83)117-71-39-31-23-15-7)93-58-68-99(82-49-61-95(62-50-82)116-70-38-30-22-14-6)101(79-93)84-53-65-97(66-54-84)118-72-40-32-24-16-8/h45-68,73-79H,9-44,69-72H2,1-8H3,(H,113,114)/b90-77+. The molecule has 12 heteroatoms. The molecule has 11 aromatic rings. The highest BCUT2D eigenvalue weighted by molar-refractivity contribution is 7.29. The summed E-state index contributed by atoms with van der Waals surface area (Å²) in [6.45, 7) is 21.0. The molecule has 7 aromatic carbocycles. The predicted molar refractivity (Wildman–Crippen MR) is 527 cm³/mol. The van der Waals surface area contributed by atoms with Crippen molar-refractivity contribution in [2.45, 2.75) is 287 Å². The van der Waals surface area contributed by atoms with Crippen LogP contribution in [0.3, 0.4) is 0 Å². The van der Waals surface area contributed by atoms with Crippen LogP contribution in [0.5, 0.6) is 23.0 Å². The number of hydrogen-bond donors (Lipinski definition) is 1. The first-order valence-corrected chi connectivity index (χ1v) is 50.2. The largest absolute Gasteiger partial charge is 0.494 e. The van der Waals surface area contributed by atoms with E-state index in [1.165, 1.54) is 178 Å². The number of carbonyl (C=O) groups is 1. The first-order valence-electron chi connectivity index (χ1n) is 47.0. The molecule has 0 saturated carbocycles. The second-order valence-electron chi connectivity index (χ2n) is 33.2. The summed E-state index contributed by atoms with van der Waals surface area (Å²) in [4.78, 5) is 24.9. The van der Waals surface area contributed by atoms with Crippen LogP contribution in [0.25, 0.3) is 90.3 Å². The van der Waals surface area contributed by atoms with Crippen LogP contribution >= 0.6 is 45.3 Å². The van der Waals surface area contributed by atoms with Crippen molar-refractivity contribution in [3.63, 3.8) is 0 Å². The Morgan fingerprint density at radius 2 is 0.590 bits per heavy atom. The number of benzene rings is 7. The van der Waals surface area contributed by atoms with Gasteiger partial charge in [0.1, 0.15) is 34.6 Å². The Bertz CT molecular complexity index is 4830. The first-order chi connectivity index (χ1) is 60.0. The van der Waals surface area contributed by atoms with E-state index in [1.54, 1.807) is 17.4 Å². The average Bonchev–Trinajstić information content (AvgIpc) is 1.56. The minimum atomic E-state index is -1.18. The lowest BCUT2D eigenvalue weighted by Gasteiger charge is -2.28. The maximum Gasteiger partial charge on any atom is 0.346 e. The summed E-state index contributed by atoms with van der Waals surface area (Å²) < 4.78 is 25.5. The lowest BCUT2D eigenvalue weighted by Crippen LogP contribution is -2.10. The highest BCUT2D eigenvalue weighted by atomic mass is 32.1. The molecule has 4 heterocycles. The molecular formula is C110H136N2O6S4.